The quantitative estimate of drug-likeness (QED) is 0.398. The highest BCUT2D eigenvalue weighted by molar-refractivity contribution is 9.11. The van der Waals surface area contributed by atoms with E-state index in [2.05, 4.69) is 47.4 Å². The summed E-state index contributed by atoms with van der Waals surface area (Å²) in [7, 11) is 0. The van der Waals surface area contributed by atoms with Crippen LogP contribution in [0.2, 0.25) is 5.02 Å². The van der Waals surface area contributed by atoms with Crippen molar-refractivity contribution >= 4 is 55.2 Å². The van der Waals surface area contributed by atoms with Gasteiger partial charge in [-0.1, -0.05) is 29.8 Å². The van der Waals surface area contributed by atoms with Gasteiger partial charge in [-0.05, 0) is 56.3 Å². The van der Waals surface area contributed by atoms with Crippen LogP contribution < -0.4 is 5.32 Å². The number of nitrogens with one attached hydrogen (secondary N) is 1. The Morgan fingerprint density at radius 3 is 2.58 bits per heavy atom. The molecule has 0 aliphatic heterocycles. The molecule has 1 N–H and O–H groups in total. The molecule has 1 saturated carbocycles. The van der Waals surface area contributed by atoms with E-state index in [9.17, 15) is 18.0 Å². The van der Waals surface area contributed by atoms with E-state index in [1.54, 1.807) is 16.9 Å². The molecule has 1 aromatic carbocycles. The summed E-state index contributed by atoms with van der Waals surface area (Å²) in [5, 5.41) is 11.2. The van der Waals surface area contributed by atoms with Crippen molar-refractivity contribution in [3.8, 4) is 0 Å². The van der Waals surface area contributed by atoms with Crippen LogP contribution in [0.5, 0.6) is 0 Å². The maximum Gasteiger partial charge on any atom is 0.436 e. The Kier molecular flexibility index (Phi) is 6.19. The van der Waals surface area contributed by atoms with Gasteiger partial charge in [-0.2, -0.15) is 23.4 Å². The minimum Gasteiger partial charge on any atom is -0.307 e. The maximum absolute atomic E-state index is 13.2. The minimum absolute atomic E-state index is 0.0349. The lowest BCUT2D eigenvalue weighted by atomic mass is 10.2. The van der Waals surface area contributed by atoms with Crippen molar-refractivity contribution in [2.75, 3.05) is 5.32 Å². The summed E-state index contributed by atoms with van der Waals surface area (Å²) in [6.07, 6.45) is -1.39. The van der Waals surface area contributed by atoms with Crippen LogP contribution in [-0.4, -0.2) is 25.5 Å². The molecule has 0 unspecified atom stereocenters. The molecule has 0 bridgehead atoms. The first-order valence-corrected chi connectivity index (χ1v) is 11.2. The molecule has 0 saturated heterocycles. The molecule has 2 heterocycles. The van der Waals surface area contributed by atoms with E-state index in [0.29, 0.717) is 21.7 Å². The van der Waals surface area contributed by atoms with Gasteiger partial charge < -0.3 is 5.32 Å². The van der Waals surface area contributed by atoms with Gasteiger partial charge in [-0.25, -0.2) is 0 Å². The van der Waals surface area contributed by atoms with Gasteiger partial charge in [0.1, 0.15) is 6.54 Å². The smallest absolute Gasteiger partial charge is 0.307 e. The Morgan fingerprint density at radius 2 is 1.94 bits per heavy atom. The van der Waals surface area contributed by atoms with Crippen LogP contribution in [0.15, 0.2) is 39.4 Å². The fourth-order valence-corrected chi connectivity index (χ4v) is 4.62. The van der Waals surface area contributed by atoms with Gasteiger partial charge in [0.25, 0.3) is 0 Å². The van der Waals surface area contributed by atoms with Crippen LogP contribution in [-0.2, 0) is 24.1 Å². The van der Waals surface area contributed by atoms with E-state index in [4.69, 9.17) is 11.6 Å². The summed E-state index contributed by atoms with van der Waals surface area (Å²) in [4.78, 5) is 12.6. The largest absolute Gasteiger partial charge is 0.436 e. The second-order valence-corrected chi connectivity index (χ2v) is 9.19. The monoisotopic (exact) mass is 579 g/mol. The van der Waals surface area contributed by atoms with Crippen molar-refractivity contribution in [1.29, 1.82) is 0 Å². The zero-order valence-corrected chi connectivity index (χ0v) is 19.7. The highest BCUT2D eigenvalue weighted by atomic mass is 79.9. The third kappa shape index (κ3) is 4.98. The third-order valence-electron chi connectivity index (χ3n) is 4.72. The van der Waals surface area contributed by atoms with E-state index < -0.39 is 17.8 Å². The molecular formula is C19H15Br2ClF3N5O. The normalized spacial score (nSPS) is 14.1. The van der Waals surface area contributed by atoms with Gasteiger partial charge in [0.15, 0.2) is 11.5 Å². The zero-order valence-electron chi connectivity index (χ0n) is 15.8. The van der Waals surface area contributed by atoms with E-state index in [0.717, 1.165) is 23.1 Å². The Labute approximate surface area is 197 Å². The Hall–Kier alpha value is -1.85. The number of halogens is 6. The van der Waals surface area contributed by atoms with Gasteiger partial charge in [-0.15, -0.1) is 0 Å². The molecule has 1 amide bonds. The topological polar surface area (TPSA) is 64.7 Å². The Balaban J connectivity index is 1.50. The summed E-state index contributed by atoms with van der Waals surface area (Å²) < 4.78 is 42.9. The summed E-state index contributed by atoms with van der Waals surface area (Å²) >= 11 is 12.5. The molecule has 1 aliphatic rings. The van der Waals surface area contributed by atoms with E-state index in [1.165, 1.54) is 0 Å². The number of alkyl halides is 3. The summed E-state index contributed by atoms with van der Waals surface area (Å²) in [6, 6.07) is 7.32. The lowest BCUT2D eigenvalue weighted by Crippen LogP contribution is -2.22. The van der Waals surface area contributed by atoms with E-state index in [-0.39, 0.29) is 22.8 Å². The molecule has 1 aliphatic carbocycles. The van der Waals surface area contributed by atoms with Gasteiger partial charge >= 0.3 is 6.18 Å². The molecule has 31 heavy (non-hydrogen) atoms. The van der Waals surface area contributed by atoms with Gasteiger partial charge in [-0.3, -0.25) is 14.2 Å². The standard InChI is InChI=1S/C19H15Br2ClF3N5O/c20-12-8-29(7-11-3-1-2-4-13(11)22)28-18(12)26-14(31)9-30-16(10-5-6-10)15(21)17(27-30)19(23,24)25/h1-4,8,10H,5-7,9H2,(H,26,28,31). The number of nitrogens with zero attached hydrogens (tertiary/aromatic N) is 4. The number of hydrogen-bond acceptors (Lipinski definition) is 3. The maximum atomic E-state index is 13.2. The Bertz CT molecular complexity index is 1140. The first-order chi connectivity index (χ1) is 14.6. The van der Waals surface area contributed by atoms with E-state index in [1.807, 2.05) is 18.2 Å². The number of rotatable bonds is 6. The lowest BCUT2D eigenvalue weighted by molar-refractivity contribution is -0.142. The van der Waals surface area contributed by atoms with Crippen molar-refractivity contribution in [2.24, 2.45) is 0 Å². The molecule has 2 aromatic heterocycles. The number of carbonyl (C=O) groups excluding carboxylic acids is 1. The molecule has 164 valence electrons. The summed E-state index contributed by atoms with van der Waals surface area (Å²) in [5.41, 5.74) is 0.227. The molecule has 12 heteroatoms. The summed E-state index contributed by atoms with van der Waals surface area (Å²) in [5.74, 6) is -0.311. The first kappa shape index (κ1) is 22.3. The van der Waals surface area contributed by atoms with Crippen molar-refractivity contribution in [3.05, 3.63) is 61.4 Å². The highest BCUT2D eigenvalue weighted by Gasteiger charge is 2.42. The number of aromatic nitrogens is 4. The number of carbonyl (C=O) groups is 1. The van der Waals surface area contributed by atoms with Crippen LogP contribution in [0.1, 0.15) is 35.7 Å². The minimum atomic E-state index is -4.61. The van der Waals surface area contributed by atoms with Crippen LogP contribution >= 0.6 is 43.5 Å². The number of hydrogen-bond donors (Lipinski definition) is 1. The third-order valence-corrected chi connectivity index (χ3v) is 6.45. The Morgan fingerprint density at radius 1 is 1.23 bits per heavy atom. The second-order valence-electron chi connectivity index (χ2n) is 7.14. The van der Waals surface area contributed by atoms with Crippen molar-refractivity contribution < 1.29 is 18.0 Å². The van der Waals surface area contributed by atoms with Gasteiger partial charge in [0.2, 0.25) is 5.91 Å². The fraction of sp³-hybridized carbons (Fsp3) is 0.316. The molecule has 0 atom stereocenters. The molecule has 0 spiro atoms. The molecule has 3 aromatic rings. The molecule has 1 fully saturated rings. The molecule has 4 rings (SSSR count). The van der Waals surface area contributed by atoms with E-state index >= 15 is 0 Å². The van der Waals surface area contributed by atoms with Crippen LogP contribution in [0.25, 0.3) is 0 Å². The van der Waals surface area contributed by atoms with Crippen molar-refractivity contribution in [1.82, 2.24) is 19.6 Å². The molecular weight excluding hydrogens is 566 g/mol. The first-order valence-electron chi connectivity index (χ1n) is 9.23. The number of anilines is 1. The SMILES string of the molecule is O=C(Cn1nc(C(F)(F)F)c(Br)c1C1CC1)Nc1nn(Cc2ccccc2Cl)cc1Br. The van der Waals surface area contributed by atoms with Crippen molar-refractivity contribution in [3.63, 3.8) is 0 Å². The predicted molar refractivity (Wildman–Crippen MR) is 116 cm³/mol. The number of amides is 1. The van der Waals surface area contributed by atoms with Gasteiger partial charge in [0, 0.05) is 17.1 Å². The average Bonchev–Trinajstić information content (AvgIpc) is 3.37. The van der Waals surface area contributed by atoms with Gasteiger partial charge in [0.05, 0.1) is 21.2 Å². The predicted octanol–water partition coefficient (Wildman–Crippen LogP) is 5.84. The number of benzene rings is 1. The van der Waals surface area contributed by atoms with Crippen molar-refractivity contribution in [2.45, 2.75) is 38.0 Å². The zero-order chi connectivity index (χ0) is 22.3. The second kappa shape index (κ2) is 8.59. The molecule has 6 nitrogen and oxygen atoms in total. The van der Waals surface area contributed by atoms with Crippen LogP contribution in [0, 0.1) is 0 Å². The average molecular weight is 582 g/mol. The lowest BCUT2D eigenvalue weighted by Gasteiger charge is -2.07. The highest BCUT2D eigenvalue weighted by Crippen LogP contribution is 2.47. The fourth-order valence-electron chi connectivity index (χ4n) is 3.17. The van der Waals surface area contributed by atoms with Crippen LogP contribution in [0.3, 0.4) is 0 Å². The molecule has 0 radical (unpaired) electrons. The van der Waals surface area contributed by atoms with Crippen LogP contribution in [0.4, 0.5) is 19.0 Å². The summed E-state index contributed by atoms with van der Waals surface area (Å²) in [6.45, 7) is 0.0331.